The number of primary amides is 1. The van der Waals surface area contributed by atoms with Gasteiger partial charge < -0.3 is 15.4 Å². The Kier molecular flexibility index (Phi) is 5.15. The van der Waals surface area contributed by atoms with E-state index in [0.29, 0.717) is 24.5 Å². The Morgan fingerprint density at radius 2 is 1.96 bits per heavy atom. The van der Waals surface area contributed by atoms with Gasteiger partial charge in [0.15, 0.2) is 0 Å². The van der Waals surface area contributed by atoms with Gasteiger partial charge in [-0.05, 0) is 49.5 Å². The van der Waals surface area contributed by atoms with Gasteiger partial charge in [0, 0.05) is 19.4 Å². The van der Waals surface area contributed by atoms with Crippen molar-refractivity contribution in [1.29, 1.82) is 0 Å². The van der Waals surface area contributed by atoms with E-state index in [9.17, 15) is 14.3 Å². The predicted molar refractivity (Wildman–Crippen MR) is 90.8 cm³/mol. The lowest BCUT2D eigenvalue weighted by Crippen LogP contribution is -2.43. The van der Waals surface area contributed by atoms with E-state index in [1.165, 1.54) is 12.1 Å². The van der Waals surface area contributed by atoms with Gasteiger partial charge >= 0.3 is 0 Å². The van der Waals surface area contributed by atoms with Crippen LogP contribution in [0.4, 0.5) is 4.39 Å². The molecular formula is C18H23FN4O2. The van der Waals surface area contributed by atoms with Gasteiger partial charge in [0.25, 0.3) is 0 Å². The third-order valence-electron chi connectivity index (χ3n) is 4.96. The number of aliphatic hydroxyl groups is 1. The number of rotatable bonds is 5. The van der Waals surface area contributed by atoms with Crippen molar-refractivity contribution in [3.05, 3.63) is 53.9 Å². The third-order valence-corrected chi connectivity index (χ3v) is 4.96. The van der Waals surface area contributed by atoms with E-state index >= 15 is 0 Å². The highest BCUT2D eigenvalue weighted by Gasteiger charge is 2.33. The molecule has 1 saturated heterocycles. The van der Waals surface area contributed by atoms with Crippen molar-refractivity contribution in [1.82, 2.24) is 14.5 Å². The van der Waals surface area contributed by atoms with Crippen LogP contribution in [-0.2, 0) is 11.8 Å². The molecule has 1 aliphatic heterocycles. The average molecular weight is 346 g/mol. The molecule has 25 heavy (non-hydrogen) atoms. The summed E-state index contributed by atoms with van der Waals surface area (Å²) in [7, 11) is 1.86. The second kappa shape index (κ2) is 7.33. The number of carbonyl (C=O) groups is 1. The predicted octanol–water partition coefficient (Wildman–Crippen LogP) is 1.53. The summed E-state index contributed by atoms with van der Waals surface area (Å²) >= 11 is 0. The van der Waals surface area contributed by atoms with E-state index in [4.69, 9.17) is 5.73 Å². The number of aliphatic hydroxyl groups excluding tert-OH is 1. The first kappa shape index (κ1) is 17.6. The van der Waals surface area contributed by atoms with Crippen molar-refractivity contribution < 1.29 is 14.3 Å². The SMILES string of the molecule is Cn1ccnc1[C@@H](O)C1CCN([C@H](C(N)=O)c2ccc(F)cc2)CC1. The zero-order chi connectivity index (χ0) is 18.0. The summed E-state index contributed by atoms with van der Waals surface area (Å²) in [4.78, 5) is 18.2. The minimum atomic E-state index is -0.625. The lowest BCUT2D eigenvalue weighted by molar-refractivity contribution is -0.124. The number of likely N-dealkylation sites (tertiary alicyclic amines) is 1. The minimum Gasteiger partial charge on any atom is -0.385 e. The van der Waals surface area contributed by atoms with Crippen LogP contribution in [0.15, 0.2) is 36.7 Å². The fraction of sp³-hybridized carbons (Fsp3) is 0.444. The van der Waals surface area contributed by atoms with Crippen molar-refractivity contribution in [2.24, 2.45) is 18.7 Å². The largest absolute Gasteiger partial charge is 0.385 e. The first-order valence-electron chi connectivity index (χ1n) is 8.41. The first-order valence-corrected chi connectivity index (χ1v) is 8.41. The van der Waals surface area contributed by atoms with Crippen molar-refractivity contribution in [3.8, 4) is 0 Å². The molecule has 2 heterocycles. The van der Waals surface area contributed by atoms with Gasteiger partial charge in [0.1, 0.15) is 23.8 Å². The molecule has 0 unspecified atom stereocenters. The van der Waals surface area contributed by atoms with Crippen LogP contribution < -0.4 is 5.73 Å². The highest BCUT2D eigenvalue weighted by molar-refractivity contribution is 5.81. The molecule has 0 aliphatic carbocycles. The molecule has 6 nitrogen and oxygen atoms in total. The van der Waals surface area contributed by atoms with Crippen LogP contribution in [0, 0.1) is 11.7 Å². The molecule has 1 aromatic carbocycles. The molecule has 1 fully saturated rings. The number of carbonyl (C=O) groups excluding carboxylic acids is 1. The van der Waals surface area contributed by atoms with Crippen LogP contribution >= 0.6 is 0 Å². The van der Waals surface area contributed by atoms with Crippen LogP contribution in [0.2, 0.25) is 0 Å². The van der Waals surface area contributed by atoms with Gasteiger partial charge in [0.05, 0.1) is 0 Å². The van der Waals surface area contributed by atoms with Gasteiger partial charge in [-0.15, -0.1) is 0 Å². The van der Waals surface area contributed by atoms with Crippen molar-refractivity contribution in [3.63, 3.8) is 0 Å². The van der Waals surface area contributed by atoms with Crippen LogP contribution in [0.5, 0.6) is 0 Å². The summed E-state index contributed by atoms with van der Waals surface area (Å²) in [5.74, 6) is -0.0545. The Hall–Kier alpha value is -2.25. The molecular weight excluding hydrogens is 323 g/mol. The Bertz CT molecular complexity index is 723. The first-order chi connectivity index (χ1) is 12.0. The number of nitrogens with zero attached hydrogens (tertiary/aromatic N) is 3. The molecule has 0 saturated carbocycles. The van der Waals surface area contributed by atoms with Crippen LogP contribution in [0.1, 0.15) is 36.4 Å². The Balaban J connectivity index is 1.68. The fourth-order valence-electron chi connectivity index (χ4n) is 3.57. The van der Waals surface area contributed by atoms with Crippen LogP contribution in [-0.4, -0.2) is 38.6 Å². The molecule has 1 aliphatic rings. The second-order valence-electron chi connectivity index (χ2n) is 6.57. The average Bonchev–Trinajstić information content (AvgIpc) is 3.02. The summed E-state index contributed by atoms with van der Waals surface area (Å²) in [6.07, 6.45) is 4.33. The molecule has 1 aromatic heterocycles. The van der Waals surface area contributed by atoms with Crippen molar-refractivity contribution in [2.75, 3.05) is 13.1 Å². The summed E-state index contributed by atoms with van der Waals surface area (Å²) in [6.45, 7) is 1.27. The molecule has 2 aromatic rings. The molecule has 1 amide bonds. The highest BCUT2D eigenvalue weighted by atomic mass is 19.1. The highest BCUT2D eigenvalue weighted by Crippen LogP contribution is 2.33. The van der Waals surface area contributed by atoms with Gasteiger partial charge in [-0.1, -0.05) is 12.1 Å². The van der Waals surface area contributed by atoms with E-state index in [-0.39, 0.29) is 11.7 Å². The summed E-state index contributed by atoms with van der Waals surface area (Å²) in [5, 5.41) is 10.6. The van der Waals surface area contributed by atoms with E-state index in [2.05, 4.69) is 4.98 Å². The lowest BCUT2D eigenvalue weighted by Gasteiger charge is -2.37. The summed E-state index contributed by atoms with van der Waals surface area (Å²) in [5.41, 5.74) is 6.28. The number of benzene rings is 1. The molecule has 0 bridgehead atoms. The van der Waals surface area contributed by atoms with Gasteiger partial charge in [-0.2, -0.15) is 0 Å². The fourth-order valence-corrected chi connectivity index (χ4v) is 3.57. The van der Waals surface area contributed by atoms with Crippen LogP contribution in [0.25, 0.3) is 0 Å². The van der Waals surface area contributed by atoms with Crippen molar-refractivity contribution in [2.45, 2.75) is 25.0 Å². The number of hydrogen-bond donors (Lipinski definition) is 2. The Morgan fingerprint density at radius 1 is 1.32 bits per heavy atom. The second-order valence-corrected chi connectivity index (χ2v) is 6.57. The van der Waals surface area contributed by atoms with E-state index in [0.717, 1.165) is 12.8 Å². The lowest BCUT2D eigenvalue weighted by atomic mass is 9.89. The van der Waals surface area contributed by atoms with E-state index in [1.807, 2.05) is 22.7 Å². The number of amides is 1. The number of piperidine rings is 1. The number of halogens is 1. The molecule has 0 radical (unpaired) electrons. The Morgan fingerprint density at radius 3 is 2.48 bits per heavy atom. The molecule has 3 N–H and O–H groups in total. The number of aromatic nitrogens is 2. The number of hydrogen-bond acceptors (Lipinski definition) is 4. The maximum Gasteiger partial charge on any atom is 0.239 e. The van der Waals surface area contributed by atoms with E-state index < -0.39 is 18.1 Å². The Labute approximate surface area is 146 Å². The summed E-state index contributed by atoms with van der Waals surface area (Å²) in [6, 6.07) is 5.29. The molecule has 134 valence electrons. The minimum absolute atomic E-state index is 0.0825. The van der Waals surface area contributed by atoms with Crippen LogP contribution in [0.3, 0.4) is 0 Å². The maximum absolute atomic E-state index is 13.1. The summed E-state index contributed by atoms with van der Waals surface area (Å²) < 4.78 is 15.0. The number of imidazole rings is 1. The normalized spacial score (nSPS) is 18.8. The number of nitrogens with two attached hydrogens (primary N) is 1. The van der Waals surface area contributed by atoms with Gasteiger partial charge in [-0.25, -0.2) is 9.37 Å². The maximum atomic E-state index is 13.1. The third kappa shape index (κ3) is 3.72. The van der Waals surface area contributed by atoms with Gasteiger partial charge in [0.2, 0.25) is 5.91 Å². The number of aryl methyl sites for hydroxylation is 1. The monoisotopic (exact) mass is 346 g/mol. The smallest absolute Gasteiger partial charge is 0.239 e. The van der Waals surface area contributed by atoms with Gasteiger partial charge in [-0.3, -0.25) is 9.69 Å². The topological polar surface area (TPSA) is 84.4 Å². The van der Waals surface area contributed by atoms with Crippen molar-refractivity contribution >= 4 is 5.91 Å². The standard InChI is InChI=1S/C18H23FN4O2/c1-22-11-8-21-18(22)16(24)13-6-9-23(10-7-13)15(17(20)25)12-2-4-14(19)5-3-12/h2-5,8,11,13,15-16,24H,6-7,9-10H2,1H3,(H2,20,25)/t15-,16-/m0/s1. The zero-order valence-corrected chi connectivity index (χ0v) is 14.2. The molecule has 3 rings (SSSR count). The molecule has 7 heteroatoms. The quantitative estimate of drug-likeness (QED) is 0.860. The molecule has 0 spiro atoms. The molecule has 2 atom stereocenters. The van der Waals surface area contributed by atoms with E-state index in [1.54, 1.807) is 18.3 Å². The zero-order valence-electron chi connectivity index (χ0n) is 14.2.